The summed E-state index contributed by atoms with van der Waals surface area (Å²) in [6.45, 7) is 9.27. The van der Waals surface area contributed by atoms with Crippen molar-refractivity contribution in [2.75, 3.05) is 38.3 Å². The van der Waals surface area contributed by atoms with E-state index in [-0.39, 0.29) is 30.4 Å². The molecule has 2 atom stereocenters. The number of piperidine rings is 1. The predicted molar refractivity (Wildman–Crippen MR) is 162 cm³/mol. The first-order chi connectivity index (χ1) is 21.0. The summed E-state index contributed by atoms with van der Waals surface area (Å²) in [4.78, 5) is 43.0. The number of ether oxygens (including phenoxy) is 3. The Hall–Kier alpha value is -3.80. The van der Waals surface area contributed by atoms with Crippen molar-refractivity contribution in [3.8, 4) is 5.75 Å². The zero-order valence-electron chi connectivity index (χ0n) is 26.6. The highest BCUT2D eigenvalue weighted by atomic mass is 19.4. The number of methoxy groups -OCH3 is 1. The van der Waals surface area contributed by atoms with E-state index >= 15 is 0 Å². The van der Waals surface area contributed by atoms with Crippen LogP contribution in [0, 0.1) is 0 Å². The number of carbonyl (C=O) groups is 3. The molecule has 246 valence electrons. The summed E-state index contributed by atoms with van der Waals surface area (Å²) in [5.41, 5.74) is -3.00. The van der Waals surface area contributed by atoms with Gasteiger partial charge in [-0.3, -0.25) is 9.59 Å². The lowest BCUT2D eigenvalue weighted by Gasteiger charge is -2.40. The van der Waals surface area contributed by atoms with Crippen molar-refractivity contribution in [1.82, 2.24) is 10.2 Å². The Morgan fingerprint density at radius 3 is 2.40 bits per heavy atom. The number of rotatable bonds is 8. The molecule has 3 amide bonds. The van der Waals surface area contributed by atoms with Gasteiger partial charge in [-0.2, -0.15) is 13.2 Å². The quantitative estimate of drug-likeness (QED) is 0.350. The zero-order chi connectivity index (χ0) is 33.2. The van der Waals surface area contributed by atoms with Gasteiger partial charge in [0.25, 0.3) is 11.8 Å². The van der Waals surface area contributed by atoms with Gasteiger partial charge < -0.3 is 29.3 Å². The Morgan fingerprint density at radius 2 is 1.78 bits per heavy atom. The molecule has 2 aromatic carbocycles. The molecular formula is C33H42F3N3O6. The first kappa shape index (κ1) is 34.1. The van der Waals surface area contributed by atoms with Crippen molar-refractivity contribution in [2.24, 2.45) is 0 Å². The number of amides is 3. The maximum absolute atomic E-state index is 14.5. The molecular weight excluding hydrogens is 591 g/mol. The Morgan fingerprint density at radius 1 is 1.09 bits per heavy atom. The third-order valence-electron chi connectivity index (χ3n) is 7.85. The van der Waals surface area contributed by atoms with E-state index in [1.807, 2.05) is 30.3 Å². The molecule has 2 aliphatic rings. The minimum atomic E-state index is -4.89. The molecule has 0 spiro atoms. The van der Waals surface area contributed by atoms with Crippen molar-refractivity contribution in [3.05, 3.63) is 59.2 Å². The topological polar surface area (TPSA) is 97.4 Å². The summed E-state index contributed by atoms with van der Waals surface area (Å²) >= 11 is 0. The summed E-state index contributed by atoms with van der Waals surface area (Å²) in [6, 6.07) is 10.5. The number of nitrogens with zero attached hydrogens (tertiary/aromatic N) is 2. The Bertz CT molecular complexity index is 1390. The average Bonchev–Trinajstić information content (AvgIpc) is 2.95. The molecule has 0 aliphatic carbocycles. The molecule has 2 heterocycles. The zero-order valence-corrected chi connectivity index (χ0v) is 26.6. The van der Waals surface area contributed by atoms with Gasteiger partial charge in [0.05, 0.1) is 22.9 Å². The SMILES string of the molecule is COCCCCN1C(=O)C(C)(C)Oc2cc(C(F)(F)F)c(C(=O)N[C@H]3CN(C(=O)OC(C)(C)C)CC[C@H]3c3ccccc3)cc21. The Balaban J connectivity index is 1.71. The predicted octanol–water partition coefficient (Wildman–Crippen LogP) is 6.16. The van der Waals surface area contributed by atoms with Crippen LogP contribution in [0.2, 0.25) is 0 Å². The van der Waals surface area contributed by atoms with E-state index in [1.165, 1.54) is 23.6 Å². The lowest BCUT2D eigenvalue weighted by atomic mass is 9.85. The van der Waals surface area contributed by atoms with Gasteiger partial charge in [0, 0.05) is 39.3 Å². The van der Waals surface area contributed by atoms with Crippen molar-refractivity contribution < 1.29 is 41.8 Å². The van der Waals surface area contributed by atoms with Crippen LogP contribution in [0.5, 0.6) is 5.75 Å². The number of anilines is 1. The highest BCUT2D eigenvalue weighted by molar-refractivity contribution is 6.05. The molecule has 9 nitrogen and oxygen atoms in total. The van der Waals surface area contributed by atoms with Crippen LogP contribution in [0.25, 0.3) is 0 Å². The van der Waals surface area contributed by atoms with E-state index in [2.05, 4.69) is 5.32 Å². The van der Waals surface area contributed by atoms with Gasteiger partial charge >= 0.3 is 12.3 Å². The van der Waals surface area contributed by atoms with Crippen LogP contribution in [0.15, 0.2) is 42.5 Å². The Labute approximate surface area is 262 Å². The van der Waals surface area contributed by atoms with E-state index in [0.717, 1.165) is 17.7 Å². The molecule has 2 aromatic rings. The highest BCUT2D eigenvalue weighted by Crippen LogP contribution is 2.44. The molecule has 1 saturated heterocycles. The van der Waals surface area contributed by atoms with E-state index in [0.29, 0.717) is 32.4 Å². The molecule has 1 fully saturated rings. The molecule has 2 aliphatic heterocycles. The maximum atomic E-state index is 14.5. The van der Waals surface area contributed by atoms with E-state index in [9.17, 15) is 27.6 Å². The van der Waals surface area contributed by atoms with Gasteiger partial charge in [-0.05, 0) is 71.6 Å². The van der Waals surface area contributed by atoms with E-state index in [1.54, 1.807) is 27.9 Å². The summed E-state index contributed by atoms with van der Waals surface area (Å²) in [5, 5.41) is 2.80. The van der Waals surface area contributed by atoms with Crippen molar-refractivity contribution in [2.45, 2.75) is 83.2 Å². The fraction of sp³-hybridized carbons (Fsp3) is 0.545. The summed E-state index contributed by atoms with van der Waals surface area (Å²) in [7, 11) is 1.56. The van der Waals surface area contributed by atoms with Gasteiger partial charge in [-0.25, -0.2) is 4.79 Å². The fourth-order valence-electron chi connectivity index (χ4n) is 5.71. The second-order valence-electron chi connectivity index (χ2n) is 12.9. The number of hydrogen-bond donors (Lipinski definition) is 1. The molecule has 12 heteroatoms. The fourth-order valence-corrected chi connectivity index (χ4v) is 5.71. The van der Waals surface area contributed by atoms with E-state index in [4.69, 9.17) is 14.2 Å². The van der Waals surface area contributed by atoms with Gasteiger partial charge in [0.1, 0.15) is 11.4 Å². The second-order valence-corrected chi connectivity index (χ2v) is 12.9. The van der Waals surface area contributed by atoms with Gasteiger partial charge in [-0.15, -0.1) is 0 Å². The third kappa shape index (κ3) is 8.08. The van der Waals surface area contributed by atoms with Gasteiger partial charge in [0.15, 0.2) is 5.60 Å². The molecule has 0 bridgehead atoms. The number of nitrogens with one attached hydrogen (secondary N) is 1. The van der Waals surface area contributed by atoms with Crippen LogP contribution in [-0.4, -0.2) is 73.4 Å². The van der Waals surface area contributed by atoms with Crippen molar-refractivity contribution in [1.29, 1.82) is 0 Å². The first-order valence-electron chi connectivity index (χ1n) is 15.1. The highest BCUT2D eigenvalue weighted by Gasteiger charge is 2.45. The van der Waals surface area contributed by atoms with Crippen LogP contribution in [0.1, 0.15) is 81.3 Å². The standard InChI is InChI=1S/C33H42F3N3O6/c1-31(2,3)45-30(42)38-16-14-22(21-12-8-7-9-13-21)25(20-38)37-28(40)23-18-26-27(19-24(23)33(34,35)36)44-32(4,5)29(41)39(26)15-10-11-17-43-6/h7-9,12-13,18-19,22,25H,10-11,14-17,20H2,1-6H3,(H,37,40)/t22-,25-/m0/s1. The number of alkyl halides is 3. The van der Waals surface area contributed by atoms with Crippen LogP contribution in [0.4, 0.5) is 23.7 Å². The number of benzene rings is 2. The van der Waals surface area contributed by atoms with Crippen LogP contribution in [0.3, 0.4) is 0 Å². The maximum Gasteiger partial charge on any atom is 0.417 e. The molecule has 0 saturated carbocycles. The first-order valence-corrected chi connectivity index (χ1v) is 15.1. The van der Waals surface area contributed by atoms with Crippen LogP contribution >= 0.6 is 0 Å². The number of likely N-dealkylation sites (tertiary alicyclic amines) is 1. The number of carbonyl (C=O) groups excluding carboxylic acids is 3. The molecule has 0 radical (unpaired) electrons. The van der Waals surface area contributed by atoms with Gasteiger partial charge in [0.2, 0.25) is 0 Å². The van der Waals surface area contributed by atoms with Gasteiger partial charge in [-0.1, -0.05) is 30.3 Å². The van der Waals surface area contributed by atoms with Crippen molar-refractivity contribution >= 4 is 23.6 Å². The summed E-state index contributed by atoms with van der Waals surface area (Å²) in [6.07, 6.45) is -3.86. The van der Waals surface area contributed by atoms with E-state index < -0.39 is 52.5 Å². The number of unbranched alkanes of at least 4 members (excludes halogenated alkanes) is 1. The molecule has 0 unspecified atom stereocenters. The summed E-state index contributed by atoms with van der Waals surface area (Å²) < 4.78 is 59.8. The lowest BCUT2D eigenvalue weighted by Crippen LogP contribution is -2.54. The smallest absolute Gasteiger partial charge is 0.417 e. The molecule has 45 heavy (non-hydrogen) atoms. The largest absolute Gasteiger partial charge is 0.476 e. The molecule has 0 aromatic heterocycles. The monoisotopic (exact) mass is 633 g/mol. The minimum absolute atomic E-state index is 0.0356. The average molecular weight is 634 g/mol. The number of halogens is 3. The number of hydrogen-bond acceptors (Lipinski definition) is 6. The summed E-state index contributed by atoms with van der Waals surface area (Å²) in [5.74, 6) is -1.81. The second kappa shape index (κ2) is 13.3. The lowest BCUT2D eigenvalue weighted by molar-refractivity contribution is -0.138. The third-order valence-corrected chi connectivity index (χ3v) is 7.85. The Kier molecular flexibility index (Phi) is 10.1. The normalized spacial score (nSPS) is 19.9. The van der Waals surface area contributed by atoms with Crippen molar-refractivity contribution in [3.63, 3.8) is 0 Å². The minimum Gasteiger partial charge on any atom is -0.476 e. The molecule has 1 N–H and O–H groups in total. The van der Waals surface area contributed by atoms with Crippen LogP contribution in [-0.2, 0) is 20.4 Å². The number of fused-ring (bicyclic) bond motifs is 1. The van der Waals surface area contributed by atoms with Crippen LogP contribution < -0.4 is 15.0 Å². The molecule has 4 rings (SSSR count).